The minimum Gasteiger partial charge on any atom is -0.480 e. The molecule has 0 bridgehead atoms. The summed E-state index contributed by atoms with van der Waals surface area (Å²) in [6.07, 6.45) is 0.737. The number of hydrogen-bond acceptors (Lipinski definition) is 3. The molecule has 5 nitrogen and oxygen atoms in total. The fourth-order valence-electron chi connectivity index (χ4n) is 1.48. The van der Waals surface area contributed by atoms with Crippen molar-refractivity contribution in [3.63, 3.8) is 0 Å². The topological polar surface area (TPSA) is 72.2 Å². The van der Waals surface area contributed by atoms with Gasteiger partial charge in [0.2, 0.25) is 0 Å². The number of nitrogens with zero attached hydrogens (tertiary/aromatic N) is 2. The van der Waals surface area contributed by atoms with Gasteiger partial charge in [0.15, 0.2) is 0 Å². The fraction of sp³-hybridized carbons (Fsp3) is 0.100. The summed E-state index contributed by atoms with van der Waals surface area (Å²) < 4.78 is 1.91. The molecule has 1 N–H and O–H groups in total. The van der Waals surface area contributed by atoms with Crippen LogP contribution in [0.15, 0.2) is 22.8 Å². The van der Waals surface area contributed by atoms with Crippen molar-refractivity contribution in [1.29, 1.82) is 0 Å². The van der Waals surface area contributed by atoms with E-state index < -0.39 is 5.97 Å². The molecule has 0 saturated carbocycles. The molecule has 6 heteroatoms. The van der Waals surface area contributed by atoms with Crippen molar-refractivity contribution in [3.8, 4) is 0 Å². The molecule has 1 heterocycles. The number of carbonyl (C=O) groups is 2. The van der Waals surface area contributed by atoms with Crippen LogP contribution < -0.4 is 0 Å². The quantitative estimate of drug-likeness (QED) is 0.870. The summed E-state index contributed by atoms with van der Waals surface area (Å²) in [6.45, 7) is -0.206. The van der Waals surface area contributed by atoms with E-state index in [2.05, 4.69) is 21.0 Å². The summed E-state index contributed by atoms with van der Waals surface area (Å²) in [6, 6.07) is 4.97. The van der Waals surface area contributed by atoms with Crippen LogP contribution in [-0.4, -0.2) is 27.1 Å². The molecule has 0 amide bonds. The number of halogens is 1. The lowest BCUT2D eigenvalue weighted by Crippen LogP contribution is -2.09. The third-order valence-electron chi connectivity index (χ3n) is 2.15. The number of carbonyl (C=O) groups excluding carboxylic acids is 1. The smallest absolute Gasteiger partial charge is 0.325 e. The van der Waals surface area contributed by atoms with E-state index in [1.807, 2.05) is 0 Å². The molecular formula is C10H7BrN2O3. The van der Waals surface area contributed by atoms with Gasteiger partial charge in [0.05, 0.1) is 5.52 Å². The molecule has 1 aromatic carbocycles. The third kappa shape index (κ3) is 1.83. The largest absolute Gasteiger partial charge is 0.480 e. The average Bonchev–Trinajstić information content (AvgIpc) is 2.54. The SMILES string of the molecule is O=Cc1ccc2c(c1)c(Br)nn2CC(=O)O. The molecular weight excluding hydrogens is 276 g/mol. The number of hydrogen-bond donors (Lipinski definition) is 1. The van der Waals surface area contributed by atoms with Crippen molar-refractivity contribution in [1.82, 2.24) is 9.78 Å². The molecule has 0 saturated heterocycles. The standard InChI is InChI=1S/C10H7BrN2O3/c11-10-7-3-6(5-14)1-2-8(7)13(12-10)4-9(15)16/h1-3,5H,4H2,(H,15,16). The zero-order chi connectivity index (χ0) is 11.7. The van der Waals surface area contributed by atoms with E-state index in [4.69, 9.17) is 5.11 Å². The van der Waals surface area contributed by atoms with Crippen LogP contribution in [0.5, 0.6) is 0 Å². The molecule has 0 atom stereocenters. The van der Waals surface area contributed by atoms with Gasteiger partial charge in [0, 0.05) is 10.9 Å². The Bertz CT molecular complexity index is 577. The Balaban J connectivity index is 2.62. The second-order valence-electron chi connectivity index (χ2n) is 3.24. The number of carboxylic acids is 1. The summed E-state index contributed by atoms with van der Waals surface area (Å²) in [7, 11) is 0. The number of aliphatic carboxylic acids is 1. The molecule has 0 aliphatic carbocycles. The van der Waals surface area contributed by atoms with Crippen LogP contribution in [-0.2, 0) is 11.3 Å². The summed E-state index contributed by atoms with van der Waals surface area (Å²) in [5, 5.41) is 13.5. The Morgan fingerprint density at radius 3 is 2.94 bits per heavy atom. The van der Waals surface area contributed by atoms with E-state index in [0.29, 0.717) is 15.7 Å². The minimum absolute atomic E-state index is 0.206. The van der Waals surface area contributed by atoms with Gasteiger partial charge in [-0.05, 0) is 34.1 Å². The van der Waals surface area contributed by atoms with Gasteiger partial charge in [-0.3, -0.25) is 14.3 Å². The lowest BCUT2D eigenvalue weighted by molar-refractivity contribution is -0.137. The molecule has 0 unspecified atom stereocenters. The normalized spacial score (nSPS) is 10.6. The highest BCUT2D eigenvalue weighted by Gasteiger charge is 2.10. The lowest BCUT2D eigenvalue weighted by atomic mass is 10.2. The van der Waals surface area contributed by atoms with E-state index in [0.717, 1.165) is 11.7 Å². The van der Waals surface area contributed by atoms with Crippen LogP contribution >= 0.6 is 15.9 Å². The van der Waals surface area contributed by atoms with Crippen molar-refractivity contribution in [2.45, 2.75) is 6.54 Å². The summed E-state index contributed by atoms with van der Waals surface area (Å²) in [5.74, 6) is -0.962. The van der Waals surface area contributed by atoms with Gasteiger partial charge in [0.25, 0.3) is 0 Å². The summed E-state index contributed by atoms with van der Waals surface area (Å²) in [4.78, 5) is 21.2. The molecule has 0 spiro atoms. The average molecular weight is 283 g/mol. The lowest BCUT2D eigenvalue weighted by Gasteiger charge is -1.98. The highest BCUT2D eigenvalue weighted by molar-refractivity contribution is 9.10. The van der Waals surface area contributed by atoms with Crippen LogP contribution in [0, 0.1) is 0 Å². The molecule has 82 valence electrons. The number of rotatable bonds is 3. The predicted octanol–water partition coefficient (Wildman–Crippen LogP) is 1.70. The Labute approximate surface area is 98.8 Å². The van der Waals surface area contributed by atoms with Crippen molar-refractivity contribution >= 4 is 39.1 Å². The Hall–Kier alpha value is -1.69. The highest BCUT2D eigenvalue weighted by atomic mass is 79.9. The number of aldehydes is 1. The van der Waals surface area contributed by atoms with E-state index in [1.165, 1.54) is 4.68 Å². The first-order valence-corrected chi connectivity index (χ1v) is 5.24. The number of fused-ring (bicyclic) bond motifs is 1. The van der Waals surface area contributed by atoms with Gasteiger partial charge in [-0.15, -0.1) is 0 Å². The summed E-state index contributed by atoms with van der Waals surface area (Å²) in [5.41, 5.74) is 1.21. The maximum absolute atomic E-state index is 10.6. The molecule has 0 aliphatic heterocycles. The maximum atomic E-state index is 10.6. The first-order valence-electron chi connectivity index (χ1n) is 4.45. The van der Waals surface area contributed by atoms with Gasteiger partial charge in [0.1, 0.15) is 17.4 Å². The van der Waals surface area contributed by atoms with Gasteiger partial charge in [-0.2, -0.15) is 5.10 Å². The van der Waals surface area contributed by atoms with Gasteiger partial charge >= 0.3 is 5.97 Å². The number of carboxylic acid groups (broad SMARTS) is 1. The molecule has 2 aromatic rings. The van der Waals surface area contributed by atoms with Crippen molar-refractivity contribution < 1.29 is 14.7 Å². The van der Waals surface area contributed by atoms with Crippen LogP contribution in [0.25, 0.3) is 10.9 Å². The third-order valence-corrected chi connectivity index (χ3v) is 2.74. The Morgan fingerprint density at radius 1 is 1.56 bits per heavy atom. The van der Waals surface area contributed by atoms with E-state index in [9.17, 15) is 9.59 Å². The number of benzene rings is 1. The second-order valence-corrected chi connectivity index (χ2v) is 3.99. The number of aromatic nitrogens is 2. The van der Waals surface area contributed by atoms with E-state index >= 15 is 0 Å². The van der Waals surface area contributed by atoms with Crippen LogP contribution in [0.4, 0.5) is 0 Å². The van der Waals surface area contributed by atoms with E-state index in [-0.39, 0.29) is 6.54 Å². The monoisotopic (exact) mass is 282 g/mol. The molecule has 0 radical (unpaired) electrons. The van der Waals surface area contributed by atoms with Crippen LogP contribution in [0.1, 0.15) is 10.4 Å². The van der Waals surface area contributed by atoms with Gasteiger partial charge in [-0.1, -0.05) is 0 Å². The fourth-order valence-corrected chi connectivity index (χ4v) is 1.99. The second kappa shape index (κ2) is 4.05. The minimum atomic E-state index is -0.962. The Morgan fingerprint density at radius 2 is 2.31 bits per heavy atom. The first kappa shape index (κ1) is 10.8. The molecule has 2 rings (SSSR count). The zero-order valence-electron chi connectivity index (χ0n) is 8.05. The van der Waals surface area contributed by atoms with Gasteiger partial charge < -0.3 is 5.11 Å². The maximum Gasteiger partial charge on any atom is 0.325 e. The molecule has 16 heavy (non-hydrogen) atoms. The van der Waals surface area contributed by atoms with Crippen molar-refractivity contribution in [2.24, 2.45) is 0 Å². The van der Waals surface area contributed by atoms with E-state index in [1.54, 1.807) is 18.2 Å². The van der Waals surface area contributed by atoms with Crippen molar-refractivity contribution in [3.05, 3.63) is 28.4 Å². The highest BCUT2D eigenvalue weighted by Crippen LogP contribution is 2.24. The Kier molecular flexibility index (Phi) is 2.74. The van der Waals surface area contributed by atoms with Crippen molar-refractivity contribution in [2.75, 3.05) is 0 Å². The summed E-state index contributed by atoms with van der Waals surface area (Å²) >= 11 is 3.23. The first-order chi connectivity index (χ1) is 7.61. The van der Waals surface area contributed by atoms with Crippen LogP contribution in [0.3, 0.4) is 0 Å². The zero-order valence-corrected chi connectivity index (χ0v) is 9.64. The van der Waals surface area contributed by atoms with Crippen LogP contribution in [0.2, 0.25) is 0 Å². The van der Waals surface area contributed by atoms with Gasteiger partial charge in [-0.25, -0.2) is 0 Å². The molecule has 0 aliphatic rings. The molecule has 0 fully saturated rings. The predicted molar refractivity (Wildman–Crippen MR) is 60.5 cm³/mol. The molecule has 1 aromatic heterocycles.